The first-order valence-corrected chi connectivity index (χ1v) is 7.56. The molecule has 1 saturated heterocycles. The van der Waals surface area contributed by atoms with E-state index < -0.39 is 0 Å². The van der Waals surface area contributed by atoms with Crippen LogP contribution in [-0.2, 0) is 11.2 Å². The summed E-state index contributed by atoms with van der Waals surface area (Å²) in [6.45, 7) is 0.944. The number of halogens is 1. The van der Waals surface area contributed by atoms with Crippen molar-refractivity contribution in [1.29, 1.82) is 0 Å². The lowest BCUT2D eigenvalue weighted by Gasteiger charge is -2.34. The molecule has 0 amide bonds. The average molecular weight is 252 g/mol. The third-order valence-electron chi connectivity index (χ3n) is 3.63. The Balaban J connectivity index is 1.77. The van der Waals surface area contributed by atoms with Crippen LogP contribution in [0.4, 0.5) is 4.39 Å². The van der Waals surface area contributed by atoms with Crippen LogP contribution in [0.2, 0.25) is 0 Å². The lowest BCUT2D eigenvalue weighted by molar-refractivity contribution is -0.0235. The van der Waals surface area contributed by atoms with E-state index in [1.807, 2.05) is 12.1 Å². The van der Waals surface area contributed by atoms with E-state index in [0.717, 1.165) is 36.1 Å². The quantitative estimate of drug-likeness (QED) is 0.748. The van der Waals surface area contributed by atoms with E-state index >= 15 is 0 Å². The Morgan fingerprint density at radius 2 is 2.00 bits per heavy atom. The molecule has 0 spiro atoms. The fourth-order valence-corrected chi connectivity index (χ4v) is 3.42. The average Bonchev–Trinajstić information content (AvgIpc) is 2.32. The normalized spacial score (nSPS) is 25.0. The maximum Gasteiger partial charge on any atom is 0.123 e. The highest BCUT2D eigenvalue weighted by atomic mass is 28.1. The zero-order chi connectivity index (χ0) is 12.1. The highest BCUT2D eigenvalue weighted by Gasteiger charge is 2.26. The highest BCUT2D eigenvalue weighted by molar-refractivity contribution is 6.14. The molecule has 0 bridgehead atoms. The standard InChI is InChI=1S/C14H21FOSi/c15-13-7-5-12(6-8-13)4-3-10-14(17)9-1-2-11-16-14/h5-8H,1-4,9-11H2,17H3. The van der Waals surface area contributed by atoms with Crippen LogP contribution in [0.3, 0.4) is 0 Å². The molecule has 0 aromatic heterocycles. The lowest BCUT2D eigenvalue weighted by Crippen LogP contribution is -2.36. The monoisotopic (exact) mass is 252 g/mol. The Bertz CT molecular complexity index is 344. The molecule has 0 saturated carbocycles. The van der Waals surface area contributed by atoms with Crippen LogP contribution in [0.5, 0.6) is 0 Å². The van der Waals surface area contributed by atoms with E-state index in [4.69, 9.17) is 4.74 Å². The smallest absolute Gasteiger partial charge is 0.123 e. The van der Waals surface area contributed by atoms with Gasteiger partial charge in [0.25, 0.3) is 0 Å². The zero-order valence-electron chi connectivity index (χ0n) is 10.5. The van der Waals surface area contributed by atoms with Gasteiger partial charge in [0.15, 0.2) is 0 Å². The Kier molecular flexibility index (Phi) is 4.34. The molecule has 3 heteroatoms. The van der Waals surface area contributed by atoms with Gasteiger partial charge in [0, 0.05) is 22.1 Å². The van der Waals surface area contributed by atoms with Gasteiger partial charge in [0.1, 0.15) is 5.82 Å². The predicted molar refractivity (Wildman–Crippen MR) is 71.8 cm³/mol. The summed E-state index contributed by atoms with van der Waals surface area (Å²) in [5.41, 5.74) is 1.23. The van der Waals surface area contributed by atoms with Crippen LogP contribution in [0.1, 0.15) is 37.7 Å². The molecule has 1 aromatic rings. The van der Waals surface area contributed by atoms with E-state index in [1.54, 1.807) is 12.1 Å². The van der Waals surface area contributed by atoms with E-state index in [9.17, 15) is 4.39 Å². The molecule has 17 heavy (non-hydrogen) atoms. The zero-order valence-corrected chi connectivity index (χ0v) is 12.5. The summed E-state index contributed by atoms with van der Waals surface area (Å²) >= 11 is 0. The summed E-state index contributed by atoms with van der Waals surface area (Å²) in [5.74, 6) is -0.149. The first-order valence-electron chi connectivity index (χ1n) is 6.56. The molecule has 1 fully saturated rings. The summed E-state index contributed by atoms with van der Waals surface area (Å²) < 4.78 is 18.7. The van der Waals surface area contributed by atoms with Gasteiger partial charge in [-0.25, -0.2) is 4.39 Å². The van der Waals surface area contributed by atoms with E-state index in [1.165, 1.54) is 24.8 Å². The number of aryl methyl sites for hydroxylation is 1. The number of ether oxygens (including phenoxy) is 1. The number of rotatable bonds is 4. The summed E-state index contributed by atoms with van der Waals surface area (Å²) in [4.78, 5) is 0. The molecular formula is C14H21FOSi. The molecule has 0 radical (unpaired) electrons. The van der Waals surface area contributed by atoms with E-state index in [-0.39, 0.29) is 11.0 Å². The summed E-state index contributed by atoms with van der Waals surface area (Å²) in [5, 5.41) is 0.221. The van der Waals surface area contributed by atoms with Crippen LogP contribution < -0.4 is 0 Å². The molecule has 1 aliphatic heterocycles. The Morgan fingerprint density at radius 1 is 1.24 bits per heavy atom. The number of benzene rings is 1. The molecule has 1 heterocycles. The fourth-order valence-electron chi connectivity index (χ4n) is 2.51. The van der Waals surface area contributed by atoms with Gasteiger partial charge in [-0.1, -0.05) is 12.1 Å². The van der Waals surface area contributed by atoms with Crippen LogP contribution in [0.25, 0.3) is 0 Å². The Hall–Kier alpha value is -0.673. The van der Waals surface area contributed by atoms with Gasteiger partial charge in [0.2, 0.25) is 0 Å². The first kappa shape index (κ1) is 12.8. The molecule has 1 aromatic carbocycles. The molecular weight excluding hydrogens is 231 g/mol. The second kappa shape index (κ2) is 5.78. The minimum Gasteiger partial charge on any atom is -0.380 e. The summed E-state index contributed by atoms with van der Waals surface area (Å²) in [7, 11) is 1.12. The molecule has 94 valence electrons. The first-order chi connectivity index (χ1) is 8.18. The third kappa shape index (κ3) is 3.93. The van der Waals surface area contributed by atoms with E-state index in [0.29, 0.717) is 0 Å². The van der Waals surface area contributed by atoms with Gasteiger partial charge < -0.3 is 4.74 Å². The van der Waals surface area contributed by atoms with Crippen molar-refractivity contribution in [2.24, 2.45) is 0 Å². The van der Waals surface area contributed by atoms with E-state index in [2.05, 4.69) is 0 Å². The SMILES string of the molecule is Fc1ccc(CCCC2([SiH3])CCCCO2)cc1. The minimum atomic E-state index is -0.149. The van der Waals surface area contributed by atoms with Crippen molar-refractivity contribution in [3.8, 4) is 0 Å². The fraction of sp³-hybridized carbons (Fsp3) is 0.571. The minimum absolute atomic E-state index is 0.149. The molecule has 1 unspecified atom stereocenters. The number of hydrogen-bond donors (Lipinski definition) is 0. The topological polar surface area (TPSA) is 9.23 Å². The molecule has 0 N–H and O–H groups in total. The summed E-state index contributed by atoms with van der Waals surface area (Å²) in [6, 6.07) is 6.86. The number of hydrogen-bond acceptors (Lipinski definition) is 1. The van der Waals surface area contributed by atoms with Gasteiger partial charge in [-0.05, 0) is 56.2 Å². The van der Waals surface area contributed by atoms with Crippen molar-refractivity contribution < 1.29 is 9.13 Å². The second-order valence-corrected chi connectivity index (χ2v) is 7.06. The van der Waals surface area contributed by atoms with Gasteiger partial charge in [0.05, 0.1) is 0 Å². The van der Waals surface area contributed by atoms with Crippen LogP contribution >= 0.6 is 0 Å². The highest BCUT2D eigenvalue weighted by Crippen LogP contribution is 2.26. The van der Waals surface area contributed by atoms with Crippen molar-refractivity contribution in [1.82, 2.24) is 0 Å². The van der Waals surface area contributed by atoms with Crippen molar-refractivity contribution in [3.05, 3.63) is 35.6 Å². The van der Waals surface area contributed by atoms with Crippen molar-refractivity contribution in [2.45, 2.75) is 43.7 Å². The van der Waals surface area contributed by atoms with Gasteiger partial charge >= 0.3 is 0 Å². The lowest BCUT2D eigenvalue weighted by atomic mass is 10.0. The largest absolute Gasteiger partial charge is 0.380 e. The van der Waals surface area contributed by atoms with Crippen molar-refractivity contribution in [3.63, 3.8) is 0 Å². The molecule has 2 rings (SSSR count). The second-order valence-electron chi connectivity index (χ2n) is 5.24. The molecule has 1 nitrogen and oxygen atoms in total. The molecule has 1 atom stereocenters. The van der Waals surface area contributed by atoms with Crippen molar-refractivity contribution >= 4 is 10.2 Å². The van der Waals surface area contributed by atoms with Crippen LogP contribution in [-0.4, -0.2) is 22.1 Å². The molecule has 1 aliphatic rings. The van der Waals surface area contributed by atoms with Crippen LogP contribution in [0.15, 0.2) is 24.3 Å². The van der Waals surface area contributed by atoms with Gasteiger partial charge in [-0.3, -0.25) is 0 Å². The molecule has 0 aliphatic carbocycles. The van der Waals surface area contributed by atoms with Crippen LogP contribution in [0, 0.1) is 5.82 Å². The summed E-state index contributed by atoms with van der Waals surface area (Å²) in [6.07, 6.45) is 7.13. The maximum absolute atomic E-state index is 12.7. The maximum atomic E-state index is 12.7. The Labute approximate surface area is 106 Å². The van der Waals surface area contributed by atoms with Gasteiger partial charge in [-0.2, -0.15) is 0 Å². The Morgan fingerprint density at radius 3 is 2.65 bits per heavy atom. The predicted octanol–water partition coefficient (Wildman–Crippen LogP) is 2.41. The van der Waals surface area contributed by atoms with Crippen molar-refractivity contribution in [2.75, 3.05) is 6.61 Å². The van der Waals surface area contributed by atoms with Gasteiger partial charge in [-0.15, -0.1) is 0 Å². The third-order valence-corrected chi connectivity index (χ3v) is 4.92.